The zero-order chi connectivity index (χ0) is 11.6. The molecule has 1 aromatic rings. The average molecular weight is 320 g/mol. The van der Waals surface area contributed by atoms with Gasteiger partial charge in [-0.25, -0.2) is 9.38 Å². The Morgan fingerprint density at radius 3 is 2.47 bits per heavy atom. The highest BCUT2D eigenvalue weighted by molar-refractivity contribution is 14.1. The van der Waals surface area contributed by atoms with Crippen molar-refractivity contribution in [1.29, 1.82) is 0 Å². The first kappa shape index (κ1) is 12.4. The Morgan fingerprint density at radius 2 is 2.00 bits per heavy atom. The van der Waals surface area contributed by atoms with Gasteiger partial charge in [0.15, 0.2) is 0 Å². The van der Waals surface area contributed by atoms with Crippen molar-refractivity contribution in [1.82, 2.24) is 0 Å². The highest BCUT2D eigenvalue weighted by Gasteiger charge is 2.15. The van der Waals surface area contributed by atoms with E-state index in [0.29, 0.717) is 11.5 Å². The van der Waals surface area contributed by atoms with Gasteiger partial charge in [0, 0.05) is 8.99 Å². The molecule has 0 saturated carbocycles. The predicted molar refractivity (Wildman–Crippen MR) is 69.9 cm³/mol. The van der Waals surface area contributed by atoms with Crippen molar-refractivity contribution < 1.29 is 4.39 Å². The van der Waals surface area contributed by atoms with E-state index >= 15 is 0 Å². The van der Waals surface area contributed by atoms with Crippen LogP contribution in [0.1, 0.15) is 20.8 Å². The van der Waals surface area contributed by atoms with E-state index in [4.69, 9.17) is 5.73 Å². The molecule has 82 valence electrons. The lowest BCUT2D eigenvalue weighted by molar-refractivity contribution is 0.585. The first-order chi connectivity index (χ1) is 6.80. The number of nitrogens with two attached hydrogens (primary N) is 1. The number of hydrogen-bond acceptors (Lipinski definition) is 1. The molecule has 0 bridgehead atoms. The van der Waals surface area contributed by atoms with E-state index in [1.165, 1.54) is 12.1 Å². The lowest BCUT2D eigenvalue weighted by atomic mass is 9.95. The average Bonchev–Trinajstić information content (AvgIpc) is 2.08. The summed E-state index contributed by atoms with van der Waals surface area (Å²) >= 11 is 2.04. The summed E-state index contributed by atoms with van der Waals surface area (Å²) in [5, 5.41) is 0. The van der Waals surface area contributed by atoms with Gasteiger partial charge in [-0.05, 0) is 40.8 Å². The maximum Gasteiger partial charge on any atom is 0.124 e. The number of aliphatic imine (C=N–C) groups is 1. The minimum atomic E-state index is -0.257. The molecule has 0 amide bonds. The van der Waals surface area contributed by atoms with E-state index in [1.54, 1.807) is 6.07 Å². The van der Waals surface area contributed by atoms with E-state index in [2.05, 4.69) is 4.99 Å². The summed E-state index contributed by atoms with van der Waals surface area (Å²) < 4.78 is 13.6. The fourth-order valence-electron chi connectivity index (χ4n) is 0.869. The van der Waals surface area contributed by atoms with Crippen molar-refractivity contribution in [2.75, 3.05) is 0 Å². The van der Waals surface area contributed by atoms with Crippen molar-refractivity contribution in [3.63, 3.8) is 0 Å². The van der Waals surface area contributed by atoms with Crippen LogP contribution in [0.2, 0.25) is 0 Å². The Labute approximate surface area is 103 Å². The Kier molecular flexibility index (Phi) is 3.70. The van der Waals surface area contributed by atoms with Crippen LogP contribution in [-0.2, 0) is 0 Å². The number of amidine groups is 1. The fourth-order valence-corrected chi connectivity index (χ4v) is 1.47. The normalized spacial score (nSPS) is 13.0. The van der Waals surface area contributed by atoms with Crippen LogP contribution in [0.5, 0.6) is 0 Å². The summed E-state index contributed by atoms with van der Waals surface area (Å²) in [6.45, 7) is 5.96. The van der Waals surface area contributed by atoms with Crippen molar-refractivity contribution in [2.45, 2.75) is 20.8 Å². The molecule has 1 rings (SSSR count). The van der Waals surface area contributed by atoms with E-state index < -0.39 is 0 Å². The van der Waals surface area contributed by atoms with Gasteiger partial charge in [0.05, 0.1) is 5.69 Å². The van der Waals surface area contributed by atoms with Crippen LogP contribution in [0.4, 0.5) is 10.1 Å². The Bertz CT molecular complexity index is 394. The van der Waals surface area contributed by atoms with Gasteiger partial charge in [-0.3, -0.25) is 0 Å². The molecular weight excluding hydrogens is 306 g/mol. The summed E-state index contributed by atoms with van der Waals surface area (Å²) in [7, 11) is 0. The molecule has 0 saturated heterocycles. The van der Waals surface area contributed by atoms with Gasteiger partial charge < -0.3 is 5.73 Å². The molecule has 4 heteroatoms. The molecule has 0 fully saturated rings. The third kappa shape index (κ3) is 3.44. The van der Waals surface area contributed by atoms with Gasteiger partial charge in [-0.1, -0.05) is 20.8 Å². The van der Waals surface area contributed by atoms with Crippen molar-refractivity contribution in [3.8, 4) is 0 Å². The van der Waals surface area contributed by atoms with Crippen LogP contribution in [0.3, 0.4) is 0 Å². The smallest absolute Gasteiger partial charge is 0.124 e. The highest BCUT2D eigenvalue weighted by atomic mass is 127. The van der Waals surface area contributed by atoms with Crippen molar-refractivity contribution in [2.24, 2.45) is 16.1 Å². The lowest BCUT2D eigenvalue weighted by Crippen LogP contribution is -2.28. The summed E-state index contributed by atoms with van der Waals surface area (Å²) in [6, 6.07) is 4.46. The zero-order valence-electron chi connectivity index (χ0n) is 9.01. The van der Waals surface area contributed by atoms with Crippen LogP contribution in [0.15, 0.2) is 23.2 Å². The second-order valence-corrected chi connectivity index (χ2v) is 5.50. The minimum absolute atomic E-state index is 0.169. The summed E-state index contributed by atoms with van der Waals surface area (Å²) in [5.41, 5.74) is 6.39. The summed E-state index contributed by atoms with van der Waals surface area (Å²) in [4.78, 5) is 4.29. The topological polar surface area (TPSA) is 38.4 Å². The largest absolute Gasteiger partial charge is 0.387 e. The van der Waals surface area contributed by atoms with Crippen LogP contribution in [-0.4, -0.2) is 5.84 Å². The van der Waals surface area contributed by atoms with Gasteiger partial charge in [0.1, 0.15) is 11.7 Å². The molecule has 0 aliphatic rings. The molecule has 2 N–H and O–H groups in total. The number of benzene rings is 1. The molecular formula is C11H14FIN2. The molecule has 0 heterocycles. The number of nitrogens with zero attached hydrogens (tertiary/aromatic N) is 1. The summed E-state index contributed by atoms with van der Waals surface area (Å²) in [6.07, 6.45) is 0. The van der Waals surface area contributed by atoms with E-state index in [0.717, 1.165) is 3.57 Å². The minimum Gasteiger partial charge on any atom is -0.387 e. The second-order valence-electron chi connectivity index (χ2n) is 4.34. The van der Waals surface area contributed by atoms with Gasteiger partial charge in [-0.2, -0.15) is 0 Å². The van der Waals surface area contributed by atoms with Crippen molar-refractivity contribution in [3.05, 3.63) is 27.6 Å². The molecule has 0 radical (unpaired) electrons. The zero-order valence-corrected chi connectivity index (χ0v) is 11.2. The molecule has 1 aromatic carbocycles. The van der Waals surface area contributed by atoms with Gasteiger partial charge in [0.25, 0.3) is 0 Å². The number of halogens is 2. The first-order valence-corrected chi connectivity index (χ1v) is 5.68. The first-order valence-electron chi connectivity index (χ1n) is 4.60. The molecule has 0 unspecified atom stereocenters. The predicted octanol–water partition coefficient (Wildman–Crippen LogP) is 3.47. The van der Waals surface area contributed by atoms with Gasteiger partial charge >= 0.3 is 0 Å². The third-order valence-corrected chi connectivity index (χ3v) is 2.78. The molecule has 0 aliphatic carbocycles. The third-order valence-electron chi connectivity index (χ3n) is 1.92. The van der Waals surface area contributed by atoms with Crippen LogP contribution in [0, 0.1) is 14.8 Å². The van der Waals surface area contributed by atoms with Gasteiger partial charge in [-0.15, -0.1) is 0 Å². The van der Waals surface area contributed by atoms with Crippen LogP contribution < -0.4 is 5.73 Å². The lowest BCUT2D eigenvalue weighted by Gasteiger charge is -2.17. The number of hydrogen-bond donors (Lipinski definition) is 1. The maximum absolute atomic E-state index is 12.8. The van der Waals surface area contributed by atoms with Crippen LogP contribution >= 0.6 is 22.6 Å². The highest BCUT2D eigenvalue weighted by Crippen LogP contribution is 2.24. The monoisotopic (exact) mass is 320 g/mol. The molecule has 0 aromatic heterocycles. The quantitative estimate of drug-likeness (QED) is 0.480. The summed E-state index contributed by atoms with van der Waals surface area (Å²) in [5.74, 6) is 0.291. The Hall–Kier alpha value is -0.650. The maximum atomic E-state index is 12.8. The number of rotatable bonds is 1. The van der Waals surface area contributed by atoms with E-state index in [-0.39, 0.29) is 11.2 Å². The van der Waals surface area contributed by atoms with Gasteiger partial charge in [0.2, 0.25) is 0 Å². The Morgan fingerprint density at radius 1 is 1.40 bits per heavy atom. The van der Waals surface area contributed by atoms with Crippen LogP contribution in [0.25, 0.3) is 0 Å². The van der Waals surface area contributed by atoms with Crippen molar-refractivity contribution >= 4 is 34.1 Å². The molecule has 0 aliphatic heterocycles. The standard InChI is InChI=1S/C11H14FIN2/c1-11(2,3)10(14)15-9-5-4-7(12)6-8(9)13/h4-6H,1-3H3,(H2,14,15). The second kappa shape index (κ2) is 4.47. The Balaban J connectivity index is 3.09. The fraction of sp³-hybridized carbons (Fsp3) is 0.364. The molecule has 2 nitrogen and oxygen atoms in total. The SMILES string of the molecule is CC(C)(C)C(N)=Nc1ccc(F)cc1I. The molecule has 0 atom stereocenters. The molecule has 15 heavy (non-hydrogen) atoms. The molecule has 0 spiro atoms. The van der Waals surface area contributed by atoms with E-state index in [9.17, 15) is 4.39 Å². The van der Waals surface area contributed by atoms with E-state index in [1.807, 2.05) is 43.4 Å².